The van der Waals surface area contributed by atoms with E-state index in [1.807, 2.05) is 0 Å². The van der Waals surface area contributed by atoms with Gasteiger partial charge in [-0.15, -0.1) is 0 Å². The predicted molar refractivity (Wildman–Crippen MR) is 174 cm³/mol. The third kappa shape index (κ3) is 5.99. The van der Waals surface area contributed by atoms with Gasteiger partial charge >= 0.3 is 0 Å². The summed E-state index contributed by atoms with van der Waals surface area (Å²) in [5.41, 5.74) is 2.46. The highest BCUT2D eigenvalue weighted by Gasteiger charge is 2.36. The van der Waals surface area contributed by atoms with Gasteiger partial charge in [0.2, 0.25) is 0 Å². The van der Waals surface area contributed by atoms with E-state index in [1.54, 1.807) is 5.57 Å². The Morgan fingerprint density at radius 1 is 0.513 bits per heavy atom. The molecule has 0 saturated carbocycles. The van der Waals surface area contributed by atoms with Crippen molar-refractivity contribution in [2.45, 2.75) is 24.2 Å². The van der Waals surface area contributed by atoms with E-state index in [-0.39, 0.29) is 0 Å². The molecule has 6 rings (SSSR count). The molecule has 0 amide bonds. The van der Waals surface area contributed by atoms with Gasteiger partial charge in [-0.3, -0.25) is 0 Å². The van der Waals surface area contributed by atoms with Gasteiger partial charge in [-0.1, -0.05) is 169 Å². The van der Waals surface area contributed by atoms with Gasteiger partial charge in [-0.25, -0.2) is 0 Å². The second kappa shape index (κ2) is 12.7. The Bertz CT molecular complexity index is 1360. The van der Waals surface area contributed by atoms with Crippen LogP contribution in [0.5, 0.6) is 0 Å². The summed E-state index contributed by atoms with van der Waals surface area (Å²) in [7, 11) is -1.16. The van der Waals surface area contributed by atoms with E-state index in [4.69, 9.17) is 0 Å². The Balaban J connectivity index is 1.45. The van der Waals surface area contributed by atoms with Gasteiger partial charge in [0.1, 0.15) is 0 Å². The first-order valence-corrected chi connectivity index (χ1v) is 16.7. The summed E-state index contributed by atoms with van der Waals surface area (Å²) in [6, 6.07) is 45.0. The molecular formula is C37H34P2. The molecule has 0 fully saturated rings. The van der Waals surface area contributed by atoms with Crippen molar-refractivity contribution in [3.8, 4) is 0 Å². The number of rotatable bonds is 10. The molecule has 0 spiro atoms. The van der Waals surface area contributed by atoms with Crippen molar-refractivity contribution in [1.82, 2.24) is 0 Å². The Hall–Kier alpha value is -3.30. The Kier molecular flexibility index (Phi) is 8.45. The van der Waals surface area contributed by atoms with Crippen LogP contribution in [0.1, 0.15) is 12.8 Å². The van der Waals surface area contributed by atoms with E-state index >= 15 is 0 Å². The Morgan fingerprint density at radius 2 is 0.974 bits per heavy atom. The molecule has 0 saturated heterocycles. The summed E-state index contributed by atoms with van der Waals surface area (Å²) in [6.07, 6.45) is 18.8. The zero-order valence-electron chi connectivity index (χ0n) is 22.1. The number of hydrogen-bond donors (Lipinski definition) is 0. The van der Waals surface area contributed by atoms with Gasteiger partial charge < -0.3 is 0 Å². The monoisotopic (exact) mass is 540 g/mol. The van der Waals surface area contributed by atoms with E-state index in [0.717, 1.165) is 0 Å². The minimum Gasteiger partial charge on any atom is -0.0776 e. The van der Waals surface area contributed by atoms with Crippen molar-refractivity contribution in [2.24, 2.45) is 5.92 Å². The summed E-state index contributed by atoms with van der Waals surface area (Å²) >= 11 is 0. The molecule has 0 bridgehead atoms. The summed E-state index contributed by atoms with van der Waals surface area (Å²) in [5, 5.41) is 5.84. The summed E-state index contributed by atoms with van der Waals surface area (Å²) < 4.78 is 0. The molecule has 39 heavy (non-hydrogen) atoms. The standard InChI is InChI=1S/C37H34P2/c1-5-18-31(19-6-1)38(32-20-7-2-8-21-32)36-27-15-26-35(36)37(29-28-30-16-13-14-17-30)39(33-22-9-3-10-23-33)34-24-11-4-12-25-34/h1-27,30,36-37H,28-29H2. The molecule has 2 aliphatic carbocycles. The fourth-order valence-corrected chi connectivity index (χ4v) is 11.7. The van der Waals surface area contributed by atoms with E-state index in [9.17, 15) is 0 Å². The predicted octanol–water partition coefficient (Wildman–Crippen LogP) is 8.01. The molecule has 2 unspecified atom stereocenters. The lowest BCUT2D eigenvalue weighted by molar-refractivity contribution is 0.659. The Labute approximate surface area is 236 Å². The highest BCUT2D eigenvalue weighted by atomic mass is 31.1. The highest BCUT2D eigenvalue weighted by Crippen LogP contribution is 2.54. The second-order valence-electron chi connectivity index (χ2n) is 10.1. The molecule has 192 valence electrons. The van der Waals surface area contributed by atoms with Gasteiger partial charge in [0, 0.05) is 11.3 Å². The zero-order valence-corrected chi connectivity index (χ0v) is 23.9. The van der Waals surface area contributed by atoms with Crippen LogP contribution in [0.2, 0.25) is 0 Å². The molecule has 4 aromatic rings. The molecule has 0 aliphatic heterocycles. The number of benzene rings is 4. The summed E-state index contributed by atoms with van der Waals surface area (Å²) in [4.78, 5) is 0. The van der Waals surface area contributed by atoms with Crippen LogP contribution < -0.4 is 21.2 Å². The summed E-state index contributed by atoms with van der Waals surface area (Å²) in [5.74, 6) is 0.536. The number of allylic oxidation sites excluding steroid dienone is 8. The molecule has 2 atom stereocenters. The maximum atomic E-state index is 2.49. The third-order valence-corrected chi connectivity index (χ3v) is 13.3. The van der Waals surface area contributed by atoms with Crippen LogP contribution in [0, 0.1) is 5.92 Å². The van der Waals surface area contributed by atoms with Gasteiger partial charge in [0.25, 0.3) is 0 Å². The molecule has 2 aliphatic rings. The lowest BCUT2D eigenvalue weighted by Crippen LogP contribution is -2.30. The molecule has 0 heterocycles. The van der Waals surface area contributed by atoms with Gasteiger partial charge in [0.15, 0.2) is 0 Å². The van der Waals surface area contributed by atoms with Crippen LogP contribution in [-0.2, 0) is 0 Å². The number of hydrogen-bond acceptors (Lipinski definition) is 0. The second-order valence-corrected chi connectivity index (χ2v) is 14.8. The lowest BCUT2D eigenvalue weighted by Gasteiger charge is -2.36. The fraction of sp³-hybridized carbons (Fsp3) is 0.135. The molecule has 0 nitrogen and oxygen atoms in total. The van der Waals surface area contributed by atoms with Crippen molar-refractivity contribution < 1.29 is 0 Å². The van der Waals surface area contributed by atoms with Gasteiger partial charge in [-0.05, 0) is 55.8 Å². The van der Waals surface area contributed by atoms with Crippen molar-refractivity contribution in [1.29, 1.82) is 0 Å². The molecule has 0 aromatic heterocycles. The van der Waals surface area contributed by atoms with Crippen molar-refractivity contribution in [3.05, 3.63) is 169 Å². The molecule has 2 heteroatoms. The quantitative estimate of drug-likeness (QED) is 0.179. The van der Waals surface area contributed by atoms with Gasteiger partial charge in [0.05, 0.1) is 0 Å². The molecular weight excluding hydrogens is 506 g/mol. The van der Waals surface area contributed by atoms with E-state index in [1.165, 1.54) is 34.1 Å². The van der Waals surface area contributed by atoms with Crippen LogP contribution >= 0.6 is 15.8 Å². The highest BCUT2D eigenvalue weighted by molar-refractivity contribution is 7.75. The minimum absolute atomic E-state index is 0.391. The van der Waals surface area contributed by atoms with Crippen LogP contribution in [0.4, 0.5) is 0 Å². The summed E-state index contributed by atoms with van der Waals surface area (Å²) in [6.45, 7) is 0. The van der Waals surface area contributed by atoms with Crippen LogP contribution in [0.3, 0.4) is 0 Å². The van der Waals surface area contributed by atoms with Crippen LogP contribution in [-0.4, -0.2) is 11.3 Å². The SMILES string of the molecule is C1=CC(CCC(C2=CC=CC2P(c2ccccc2)c2ccccc2)P(c2ccccc2)c2ccccc2)C=C1. The first-order valence-electron chi connectivity index (χ1n) is 13.9. The largest absolute Gasteiger partial charge is 0.0776 e. The normalized spacial score (nSPS) is 17.3. The maximum absolute atomic E-state index is 2.49. The topological polar surface area (TPSA) is 0 Å². The van der Waals surface area contributed by atoms with Crippen LogP contribution in [0.25, 0.3) is 0 Å². The lowest BCUT2D eigenvalue weighted by atomic mass is 10.00. The van der Waals surface area contributed by atoms with Crippen molar-refractivity contribution >= 4 is 37.1 Å². The molecule has 4 aromatic carbocycles. The van der Waals surface area contributed by atoms with E-state index in [0.29, 0.717) is 17.2 Å². The third-order valence-electron chi connectivity index (χ3n) is 7.64. The van der Waals surface area contributed by atoms with Gasteiger partial charge in [-0.2, -0.15) is 0 Å². The smallest absolute Gasteiger partial charge is 0.0273 e. The molecule has 0 N–H and O–H groups in total. The maximum Gasteiger partial charge on any atom is 0.0273 e. The first kappa shape index (κ1) is 26.0. The minimum atomic E-state index is -0.581. The zero-order chi connectivity index (χ0) is 26.3. The average Bonchev–Trinajstić information content (AvgIpc) is 3.71. The molecule has 0 radical (unpaired) electrons. The van der Waals surface area contributed by atoms with Crippen LogP contribution in [0.15, 0.2) is 169 Å². The van der Waals surface area contributed by atoms with Crippen molar-refractivity contribution in [2.75, 3.05) is 0 Å². The fourth-order valence-electron chi connectivity index (χ4n) is 5.82. The Morgan fingerprint density at radius 3 is 1.46 bits per heavy atom. The van der Waals surface area contributed by atoms with E-state index in [2.05, 4.69) is 164 Å². The first-order chi connectivity index (χ1) is 19.4. The van der Waals surface area contributed by atoms with E-state index < -0.39 is 15.8 Å². The average molecular weight is 541 g/mol. The van der Waals surface area contributed by atoms with Crippen molar-refractivity contribution in [3.63, 3.8) is 0 Å².